The Morgan fingerprint density at radius 2 is 1.75 bits per heavy atom. The number of fused-ring (bicyclic) bond motifs is 1. The van der Waals surface area contributed by atoms with Crippen LogP contribution in [0.2, 0.25) is 0 Å². The minimum Gasteiger partial charge on any atom is -0.472 e. The number of carbonyl (C=O) groups excluding carboxylic acids is 1. The molecule has 10 nitrogen and oxygen atoms in total. The topological polar surface area (TPSA) is 155 Å². The van der Waals surface area contributed by atoms with Crippen molar-refractivity contribution in [2.24, 2.45) is 11.8 Å². The largest absolute Gasteiger partial charge is 0.472 e. The summed E-state index contributed by atoms with van der Waals surface area (Å²) in [5.41, 5.74) is 0.947. The van der Waals surface area contributed by atoms with E-state index in [9.17, 15) is 30.3 Å². The van der Waals surface area contributed by atoms with Crippen molar-refractivity contribution in [1.29, 1.82) is 0 Å². The van der Waals surface area contributed by atoms with Gasteiger partial charge in [0.2, 0.25) is 6.29 Å². The van der Waals surface area contributed by atoms with Crippen LogP contribution in [0.15, 0.2) is 54.3 Å². The lowest BCUT2D eigenvalue weighted by atomic mass is 9.88. The zero-order valence-electron chi connectivity index (χ0n) is 17.0. The maximum absolute atomic E-state index is 12.3. The maximum atomic E-state index is 12.3. The number of esters is 1. The first kappa shape index (κ1) is 22.9. The van der Waals surface area contributed by atoms with Crippen LogP contribution in [0.25, 0.3) is 0 Å². The van der Waals surface area contributed by atoms with E-state index >= 15 is 0 Å². The van der Waals surface area contributed by atoms with Crippen molar-refractivity contribution in [3.63, 3.8) is 0 Å². The molecule has 1 fully saturated rings. The molecule has 0 saturated carbocycles. The maximum Gasteiger partial charge on any atom is 0.338 e. The Hall–Kier alpha value is -2.31. The second kappa shape index (κ2) is 9.67. The molecule has 3 aliphatic rings. The van der Waals surface area contributed by atoms with Gasteiger partial charge < -0.3 is 44.5 Å². The van der Waals surface area contributed by atoms with Crippen molar-refractivity contribution in [2.45, 2.75) is 43.1 Å². The zero-order valence-corrected chi connectivity index (χ0v) is 17.0. The molecule has 1 aliphatic carbocycles. The van der Waals surface area contributed by atoms with Crippen molar-refractivity contribution in [2.75, 3.05) is 13.2 Å². The van der Waals surface area contributed by atoms with Crippen molar-refractivity contribution < 1.29 is 49.3 Å². The highest BCUT2D eigenvalue weighted by atomic mass is 16.8. The molecule has 4 rings (SSSR count). The predicted molar refractivity (Wildman–Crippen MR) is 107 cm³/mol. The number of ether oxygens (including phenoxy) is 4. The summed E-state index contributed by atoms with van der Waals surface area (Å²) in [4.78, 5) is 12.3. The van der Waals surface area contributed by atoms with Crippen LogP contribution in [0.4, 0.5) is 0 Å². The Labute approximate surface area is 183 Å². The Kier molecular flexibility index (Phi) is 6.91. The predicted octanol–water partition coefficient (Wildman–Crippen LogP) is -0.937. The van der Waals surface area contributed by atoms with E-state index in [4.69, 9.17) is 18.9 Å². The fourth-order valence-corrected chi connectivity index (χ4v) is 4.17. The third-order valence-corrected chi connectivity index (χ3v) is 5.92. The zero-order chi connectivity index (χ0) is 22.8. The molecule has 0 bridgehead atoms. The van der Waals surface area contributed by atoms with E-state index in [0.29, 0.717) is 11.1 Å². The van der Waals surface area contributed by atoms with Gasteiger partial charge in [-0.15, -0.1) is 0 Å². The van der Waals surface area contributed by atoms with E-state index in [-0.39, 0.29) is 6.61 Å². The molecule has 0 spiro atoms. The van der Waals surface area contributed by atoms with Gasteiger partial charge >= 0.3 is 5.97 Å². The summed E-state index contributed by atoms with van der Waals surface area (Å²) in [6.45, 7) is -0.709. The van der Waals surface area contributed by atoms with Gasteiger partial charge in [-0.05, 0) is 23.8 Å². The summed E-state index contributed by atoms with van der Waals surface area (Å²) in [5.74, 6) is -1.52. The Morgan fingerprint density at radius 3 is 2.47 bits per heavy atom. The van der Waals surface area contributed by atoms with Gasteiger partial charge in [-0.25, -0.2) is 4.79 Å². The summed E-state index contributed by atoms with van der Waals surface area (Å²) in [6.07, 6.45) is -4.61. The highest BCUT2D eigenvalue weighted by Gasteiger charge is 2.49. The van der Waals surface area contributed by atoms with Crippen LogP contribution < -0.4 is 0 Å². The highest BCUT2D eigenvalue weighted by Crippen LogP contribution is 2.41. The molecule has 9 atom stereocenters. The molecule has 1 aromatic rings. The molecule has 0 radical (unpaired) electrons. The monoisotopic (exact) mass is 450 g/mol. The first-order valence-electron chi connectivity index (χ1n) is 10.3. The highest BCUT2D eigenvalue weighted by molar-refractivity contribution is 5.89. The van der Waals surface area contributed by atoms with Gasteiger partial charge in [-0.3, -0.25) is 0 Å². The van der Waals surface area contributed by atoms with E-state index < -0.39 is 67.5 Å². The van der Waals surface area contributed by atoms with Crippen molar-refractivity contribution in [3.05, 3.63) is 59.9 Å². The first-order chi connectivity index (χ1) is 15.4. The van der Waals surface area contributed by atoms with Crippen LogP contribution in [0.3, 0.4) is 0 Å². The van der Waals surface area contributed by atoms with Gasteiger partial charge in [-0.2, -0.15) is 0 Å². The van der Waals surface area contributed by atoms with E-state index in [1.807, 2.05) is 0 Å². The van der Waals surface area contributed by atoms with Gasteiger partial charge in [0.15, 0.2) is 6.29 Å². The van der Waals surface area contributed by atoms with Crippen LogP contribution in [0.5, 0.6) is 0 Å². The Bertz CT molecular complexity index is 854. The third kappa shape index (κ3) is 4.44. The van der Waals surface area contributed by atoms with Crippen molar-refractivity contribution in [1.82, 2.24) is 0 Å². The molecular formula is C22H26O10. The molecule has 32 heavy (non-hydrogen) atoms. The average molecular weight is 450 g/mol. The molecule has 0 unspecified atom stereocenters. The van der Waals surface area contributed by atoms with Gasteiger partial charge in [0.1, 0.15) is 31.0 Å². The SMILES string of the molecule is O=C(OCC1=C[C@@H](O)[C@H]2C=CO[C@@H](O[C@@H]3O[C@H](CO)[C@@H](O)[C@H](O)[C@H]3O)[C@H]12)c1ccccc1. The molecule has 10 heteroatoms. The lowest BCUT2D eigenvalue weighted by molar-refractivity contribution is -0.339. The number of hydrogen-bond donors (Lipinski definition) is 5. The molecule has 0 aromatic heterocycles. The smallest absolute Gasteiger partial charge is 0.338 e. The standard InChI is InChI=1S/C22H26O10/c23-9-15-17(25)18(26)19(27)22(31-15)32-21-16-12(8-14(24)13(16)6-7-29-21)10-30-20(28)11-4-2-1-3-5-11/h1-8,13-19,21-27H,9-10H2/t13-,14-,15-,16-,17-,18+,19-,21+,22+/m1/s1. The van der Waals surface area contributed by atoms with Gasteiger partial charge in [0.05, 0.1) is 30.5 Å². The fourth-order valence-electron chi connectivity index (χ4n) is 4.17. The van der Waals surface area contributed by atoms with Crippen LogP contribution in [0.1, 0.15) is 10.4 Å². The molecule has 2 aliphatic heterocycles. The molecule has 1 aromatic carbocycles. The number of rotatable bonds is 6. The molecular weight excluding hydrogens is 424 g/mol. The van der Waals surface area contributed by atoms with E-state index in [2.05, 4.69) is 0 Å². The Morgan fingerprint density at radius 1 is 1.00 bits per heavy atom. The fraction of sp³-hybridized carbons (Fsp3) is 0.500. The van der Waals surface area contributed by atoms with E-state index in [1.54, 1.807) is 42.5 Å². The molecule has 2 heterocycles. The number of hydrogen-bond acceptors (Lipinski definition) is 10. The second-order valence-corrected chi connectivity index (χ2v) is 7.94. The number of aliphatic hydroxyl groups excluding tert-OH is 5. The molecule has 5 N–H and O–H groups in total. The molecule has 1 saturated heterocycles. The molecule has 0 amide bonds. The van der Waals surface area contributed by atoms with E-state index in [1.165, 1.54) is 6.26 Å². The third-order valence-electron chi connectivity index (χ3n) is 5.92. The van der Waals surface area contributed by atoms with Gasteiger partial charge in [0.25, 0.3) is 0 Å². The lowest BCUT2D eigenvalue weighted by Gasteiger charge is -2.42. The quantitative estimate of drug-likeness (QED) is 0.271. The first-order valence-corrected chi connectivity index (χ1v) is 10.3. The van der Waals surface area contributed by atoms with Crippen LogP contribution in [-0.2, 0) is 18.9 Å². The minimum absolute atomic E-state index is 0.113. The summed E-state index contributed by atoms with van der Waals surface area (Å²) in [7, 11) is 0. The number of aliphatic hydroxyl groups is 5. The van der Waals surface area contributed by atoms with Crippen molar-refractivity contribution in [3.8, 4) is 0 Å². The average Bonchev–Trinajstić information content (AvgIpc) is 3.14. The summed E-state index contributed by atoms with van der Waals surface area (Å²) in [6, 6.07) is 8.47. The number of carbonyl (C=O) groups is 1. The van der Waals surface area contributed by atoms with Gasteiger partial charge in [0, 0.05) is 5.92 Å². The van der Waals surface area contributed by atoms with E-state index in [0.717, 1.165) is 0 Å². The van der Waals surface area contributed by atoms with Crippen LogP contribution in [-0.4, -0.2) is 87.8 Å². The summed E-state index contributed by atoms with van der Waals surface area (Å²) >= 11 is 0. The second-order valence-electron chi connectivity index (χ2n) is 7.94. The Balaban J connectivity index is 1.46. The molecule has 174 valence electrons. The van der Waals surface area contributed by atoms with Crippen LogP contribution in [0, 0.1) is 11.8 Å². The van der Waals surface area contributed by atoms with Crippen molar-refractivity contribution >= 4 is 5.97 Å². The van der Waals surface area contributed by atoms with Gasteiger partial charge in [-0.1, -0.05) is 24.3 Å². The minimum atomic E-state index is -1.60. The lowest BCUT2D eigenvalue weighted by Crippen LogP contribution is -2.60. The summed E-state index contributed by atoms with van der Waals surface area (Å²) in [5, 5.41) is 50.0. The van der Waals surface area contributed by atoms with Crippen LogP contribution >= 0.6 is 0 Å². The normalized spacial score (nSPS) is 38.5. The summed E-state index contributed by atoms with van der Waals surface area (Å²) < 4.78 is 22.1. The number of benzene rings is 1.